The van der Waals surface area contributed by atoms with E-state index < -0.39 is 42.0 Å². The summed E-state index contributed by atoms with van der Waals surface area (Å²) in [5.74, 6) is -6.28. The van der Waals surface area contributed by atoms with Gasteiger partial charge in [-0.05, 0) is 20.8 Å². The quantitative estimate of drug-likeness (QED) is 0.622. The van der Waals surface area contributed by atoms with Crippen LogP contribution in [0.3, 0.4) is 0 Å². The number of carbonyl (C=O) groups is 2. The molecule has 1 aromatic rings. The minimum atomic E-state index is -5.94. The van der Waals surface area contributed by atoms with Crippen molar-refractivity contribution in [3.8, 4) is 0 Å². The molecule has 0 heterocycles. The third kappa shape index (κ3) is 5.99. The first-order valence-corrected chi connectivity index (χ1v) is 7.26. The molecule has 4 nitrogen and oxygen atoms in total. The predicted molar refractivity (Wildman–Crippen MR) is 79.5 cm³/mol. The minimum absolute atomic E-state index is 0.0449. The Morgan fingerprint density at radius 3 is 2.00 bits per heavy atom. The maximum Gasteiger partial charge on any atom is 0.455 e. The highest BCUT2D eigenvalue weighted by Crippen LogP contribution is 2.39. The fourth-order valence-electron chi connectivity index (χ4n) is 1.84. The van der Waals surface area contributed by atoms with E-state index in [0.717, 1.165) is 0 Å². The van der Waals surface area contributed by atoms with Crippen LogP contribution >= 0.6 is 0 Å². The van der Waals surface area contributed by atoms with E-state index in [-0.39, 0.29) is 5.56 Å². The highest BCUT2D eigenvalue weighted by molar-refractivity contribution is 5.96. The highest BCUT2D eigenvalue weighted by Gasteiger charge is 2.63. The van der Waals surface area contributed by atoms with Crippen LogP contribution < -0.4 is 5.32 Å². The van der Waals surface area contributed by atoms with Crippen molar-refractivity contribution in [1.82, 2.24) is 5.32 Å². The summed E-state index contributed by atoms with van der Waals surface area (Å²) in [5, 5.41) is 1.47. The molecular weight excluding hydrogens is 349 g/mol. The summed E-state index contributed by atoms with van der Waals surface area (Å²) in [6.07, 6.45) is -8.65. The summed E-state index contributed by atoms with van der Waals surface area (Å²) in [6.45, 7) is 4.25. The van der Waals surface area contributed by atoms with Crippen LogP contribution in [0.4, 0.5) is 26.7 Å². The monoisotopic (exact) mass is 367 g/mol. The molecule has 0 saturated heterocycles. The van der Waals surface area contributed by atoms with Crippen molar-refractivity contribution in [1.29, 1.82) is 0 Å². The number of alkyl carbamates (subject to hydrolysis) is 1. The summed E-state index contributed by atoms with van der Waals surface area (Å²) in [6, 6.07) is 4.18. The van der Waals surface area contributed by atoms with E-state index in [1.165, 1.54) is 50.4 Å². The molecule has 0 fully saturated rings. The summed E-state index contributed by atoms with van der Waals surface area (Å²) in [5.41, 5.74) is -1.15. The number of alkyl halides is 5. The molecule has 0 spiro atoms. The van der Waals surface area contributed by atoms with Gasteiger partial charge < -0.3 is 10.1 Å². The Morgan fingerprint density at radius 1 is 1.04 bits per heavy atom. The Bertz CT molecular complexity index is 608. The van der Waals surface area contributed by atoms with Crippen molar-refractivity contribution in [3.05, 3.63) is 35.9 Å². The van der Waals surface area contributed by atoms with Gasteiger partial charge in [-0.15, -0.1) is 0 Å². The average Bonchev–Trinajstić information content (AvgIpc) is 2.44. The van der Waals surface area contributed by atoms with Crippen LogP contribution in [0.25, 0.3) is 0 Å². The number of nitrogens with one attached hydrogen (secondary N) is 1. The molecule has 0 radical (unpaired) electrons. The van der Waals surface area contributed by atoms with Gasteiger partial charge in [0, 0.05) is 12.0 Å². The molecule has 1 unspecified atom stereocenters. The van der Waals surface area contributed by atoms with Gasteiger partial charge in [0.15, 0.2) is 5.78 Å². The Morgan fingerprint density at radius 2 is 1.56 bits per heavy atom. The van der Waals surface area contributed by atoms with Crippen LogP contribution in [0, 0.1) is 0 Å². The molecule has 0 aliphatic carbocycles. The highest BCUT2D eigenvalue weighted by atomic mass is 19.4. The number of hydrogen-bond acceptors (Lipinski definition) is 3. The molecule has 140 valence electrons. The van der Waals surface area contributed by atoms with Crippen LogP contribution in [0.15, 0.2) is 30.3 Å². The molecule has 1 N–H and O–H groups in total. The zero-order valence-corrected chi connectivity index (χ0v) is 13.8. The average molecular weight is 367 g/mol. The summed E-state index contributed by atoms with van der Waals surface area (Å²) < 4.78 is 70.1. The smallest absolute Gasteiger partial charge is 0.444 e. The van der Waals surface area contributed by atoms with Gasteiger partial charge in [-0.3, -0.25) is 4.79 Å². The second kappa shape index (κ2) is 7.37. The SMILES string of the molecule is CC(C)(C)OC(=O)NC(CC(=O)c1ccccc1)C(F)(F)C(F)(F)F. The summed E-state index contributed by atoms with van der Waals surface area (Å²) in [7, 11) is 0. The van der Waals surface area contributed by atoms with E-state index >= 15 is 0 Å². The van der Waals surface area contributed by atoms with Crippen LogP contribution in [0.5, 0.6) is 0 Å². The van der Waals surface area contributed by atoms with E-state index in [9.17, 15) is 31.5 Å². The Kier molecular flexibility index (Phi) is 6.14. The van der Waals surface area contributed by atoms with Crippen molar-refractivity contribution < 1.29 is 36.3 Å². The van der Waals surface area contributed by atoms with Crippen molar-refractivity contribution in [2.45, 2.75) is 50.9 Å². The minimum Gasteiger partial charge on any atom is -0.444 e. The number of ether oxygens (including phenoxy) is 1. The van der Waals surface area contributed by atoms with Gasteiger partial charge in [0.1, 0.15) is 11.6 Å². The van der Waals surface area contributed by atoms with E-state index in [0.29, 0.717) is 0 Å². The summed E-state index contributed by atoms with van der Waals surface area (Å²) in [4.78, 5) is 23.6. The number of halogens is 5. The Hall–Kier alpha value is -2.19. The summed E-state index contributed by atoms with van der Waals surface area (Å²) >= 11 is 0. The normalized spacial score (nSPS) is 13.9. The molecule has 9 heteroatoms. The van der Waals surface area contributed by atoms with Gasteiger partial charge in [0.25, 0.3) is 0 Å². The second-order valence-electron chi connectivity index (χ2n) is 6.31. The van der Waals surface area contributed by atoms with Crippen LogP contribution in [0.2, 0.25) is 0 Å². The second-order valence-corrected chi connectivity index (χ2v) is 6.31. The number of Topliss-reactive ketones (excluding diaryl/α,β-unsaturated/α-hetero) is 1. The van der Waals surface area contributed by atoms with Crippen molar-refractivity contribution in [3.63, 3.8) is 0 Å². The lowest BCUT2D eigenvalue weighted by molar-refractivity contribution is -0.291. The first kappa shape index (κ1) is 20.9. The van der Waals surface area contributed by atoms with Crippen molar-refractivity contribution in [2.24, 2.45) is 0 Å². The molecule has 25 heavy (non-hydrogen) atoms. The van der Waals surface area contributed by atoms with Gasteiger partial charge in [-0.25, -0.2) is 4.79 Å². The predicted octanol–water partition coefficient (Wildman–Crippen LogP) is 4.35. The Balaban J connectivity index is 3.03. The standard InChI is InChI=1S/C16H18F5NO3/c1-14(2,3)25-13(24)22-12(15(17,18)16(19,20)21)9-11(23)10-7-5-4-6-8-10/h4-8,12H,9H2,1-3H3,(H,22,24). The number of hydrogen-bond donors (Lipinski definition) is 1. The van der Waals surface area contributed by atoms with Crippen LogP contribution in [-0.2, 0) is 4.74 Å². The van der Waals surface area contributed by atoms with Crippen LogP contribution in [-0.4, -0.2) is 35.6 Å². The van der Waals surface area contributed by atoms with Gasteiger partial charge in [0.2, 0.25) is 0 Å². The zero-order valence-electron chi connectivity index (χ0n) is 13.8. The molecule has 1 rings (SSSR count). The Labute approximate surface area is 141 Å². The van der Waals surface area contributed by atoms with Gasteiger partial charge in [-0.2, -0.15) is 22.0 Å². The van der Waals surface area contributed by atoms with E-state index in [1.807, 2.05) is 0 Å². The molecule has 0 aliphatic heterocycles. The molecular formula is C16H18F5NO3. The number of amides is 1. The van der Waals surface area contributed by atoms with E-state index in [2.05, 4.69) is 0 Å². The lowest BCUT2D eigenvalue weighted by atomic mass is 9.99. The molecule has 1 atom stereocenters. The molecule has 0 aromatic heterocycles. The van der Waals surface area contributed by atoms with Crippen molar-refractivity contribution in [2.75, 3.05) is 0 Å². The maximum absolute atomic E-state index is 13.7. The fraction of sp³-hybridized carbons (Fsp3) is 0.500. The van der Waals surface area contributed by atoms with E-state index in [4.69, 9.17) is 4.74 Å². The van der Waals surface area contributed by atoms with Crippen LogP contribution in [0.1, 0.15) is 37.6 Å². The topological polar surface area (TPSA) is 55.4 Å². The third-order valence-electron chi connectivity index (χ3n) is 2.99. The van der Waals surface area contributed by atoms with E-state index in [1.54, 1.807) is 6.07 Å². The third-order valence-corrected chi connectivity index (χ3v) is 2.99. The van der Waals surface area contributed by atoms with Crippen molar-refractivity contribution >= 4 is 11.9 Å². The van der Waals surface area contributed by atoms with Gasteiger partial charge in [0.05, 0.1) is 0 Å². The van der Waals surface area contributed by atoms with Gasteiger partial charge >= 0.3 is 18.2 Å². The number of ketones is 1. The first-order chi connectivity index (χ1) is 11.2. The van der Waals surface area contributed by atoms with Gasteiger partial charge in [-0.1, -0.05) is 30.3 Å². The molecule has 0 saturated carbocycles. The molecule has 0 bridgehead atoms. The molecule has 1 aromatic carbocycles. The number of benzene rings is 1. The zero-order chi connectivity index (χ0) is 19.5. The fourth-order valence-corrected chi connectivity index (χ4v) is 1.84. The largest absolute Gasteiger partial charge is 0.455 e. The number of carbonyl (C=O) groups excluding carboxylic acids is 2. The lowest BCUT2D eigenvalue weighted by Gasteiger charge is -2.30. The maximum atomic E-state index is 13.7. The lowest BCUT2D eigenvalue weighted by Crippen LogP contribution is -2.56. The first-order valence-electron chi connectivity index (χ1n) is 7.26. The molecule has 0 aliphatic rings. The number of rotatable bonds is 5. The molecule has 1 amide bonds.